The molecule has 0 saturated carbocycles. The third-order valence-electron chi connectivity index (χ3n) is 3.75. The molecule has 0 fully saturated rings. The Morgan fingerprint density at radius 1 is 1.12 bits per heavy atom. The van der Waals surface area contributed by atoms with Crippen molar-refractivity contribution in [3.63, 3.8) is 0 Å². The zero-order valence-electron chi connectivity index (χ0n) is 15.0. The van der Waals surface area contributed by atoms with Crippen LogP contribution in [0.25, 0.3) is 6.08 Å². The largest absolute Gasteiger partial charge is 0.493 e. The quantitative estimate of drug-likeness (QED) is 0.712. The molecule has 0 atom stereocenters. The van der Waals surface area contributed by atoms with Crippen molar-refractivity contribution in [2.24, 2.45) is 0 Å². The van der Waals surface area contributed by atoms with Crippen LogP contribution in [0.15, 0.2) is 42.5 Å². The van der Waals surface area contributed by atoms with Gasteiger partial charge in [-0.1, -0.05) is 35.9 Å². The number of hydrogen-bond acceptors (Lipinski definition) is 4. The minimum Gasteiger partial charge on any atom is -0.493 e. The van der Waals surface area contributed by atoms with Gasteiger partial charge in [0.1, 0.15) is 0 Å². The number of amides is 1. The first-order valence-corrected chi connectivity index (χ1v) is 8.40. The Kier molecular flexibility index (Phi) is 7.51. The van der Waals surface area contributed by atoms with Crippen molar-refractivity contribution in [1.82, 2.24) is 5.32 Å². The van der Waals surface area contributed by atoms with Crippen molar-refractivity contribution in [3.05, 3.63) is 64.2 Å². The van der Waals surface area contributed by atoms with Crippen LogP contribution in [0, 0.1) is 0 Å². The zero-order valence-corrected chi connectivity index (χ0v) is 15.8. The predicted octanol–water partition coefficient (Wildman–Crippen LogP) is 3.83. The Morgan fingerprint density at radius 3 is 2.50 bits per heavy atom. The minimum absolute atomic E-state index is 0.205. The van der Waals surface area contributed by atoms with E-state index in [4.69, 9.17) is 25.8 Å². The van der Waals surface area contributed by atoms with E-state index in [-0.39, 0.29) is 5.91 Å². The highest BCUT2D eigenvalue weighted by atomic mass is 35.5. The number of rotatable bonds is 8. The lowest BCUT2D eigenvalue weighted by Crippen LogP contribution is -2.21. The van der Waals surface area contributed by atoms with E-state index < -0.39 is 0 Å². The molecule has 5 nitrogen and oxygen atoms in total. The molecule has 0 spiro atoms. The van der Waals surface area contributed by atoms with Gasteiger partial charge in [0, 0.05) is 19.7 Å². The molecule has 0 heterocycles. The Labute approximate surface area is 158 Å². The van der Waals surface area contributed by atoms with E-state index in [1.165, 1.54) is 20.3 Å². The van der Waals surface area contributed by atoms with Gasteiger partial charge in [0.15, 0.2) is 11.5 Å². The van der Waals surface area contributed by atoms with Crippen LogP contribution in [-0.4, -0.2) is 27.2 Å². The van der Waals surface area contributed by atoms with E-state index in [2.05, 4.69) is 5.32 Å². The van der Waals surface area contributed by atoms with Crippen molar-refractivity contribution < 1.29 is 19.0 Å². The summed E-state index contributed by atoms with van der Waals surface area (Å²) in [5.74, 6) is 0.766. The van der Waals surface area contributed by atoms with Gasteiger partial charge in [0.25, 0.3) is 0 Å². The van der Waals surface area contributed by atoms with Gasteiger partial charge in [-0.05, 0) is 34.9 Å². The molecule has 0 aliphatic rings. The van der Waals surface area contributed by atoms with Crippen LogP contribution in [0.5, 0.6) is 11.5 Å². The number of benzene rings is 2. The number of carbonyl (C=O) groups excluding carboxylic acids is 1. The van der Waals surface area contributed by atoms with Crippen LogP contribution < -0.4 is 14.8 Å². The summed E-state index contributed by atoms with van der Waals surface area (Å²) in [6.45, 7) is 0.932. The molecule has 0 aliphatic carbocycles. The van der Waals surface area contributed by atoms with Gasteiger partial charge in [-0.25, -0.2) is 0 Å². The minimum atomic E-state index is -0.205. The summed E-state index contributed by atoms with van der Waals surface area (Å²) in [5, 5.41) is 3.28. The fourth-order valence-electron chi connectivity index (χ4n) is 2.47. The second kappa shape index (κ2) is 9.85. The lowest BCUT2D eigenvalue weighted by Gasteiger charge is -2.10. The Bertz CT molecular complexity index is 789. The predicted molar refractivity (Wildman–Crippen MR) is 103 cm³/mol. The fraction of sp³-hybridized carbons (Fsp3) is 0.250. The molecule has 0 saturated heterocycles. The zero-order chi connectivity index (χ0) is 18.9. The van der Waals surface area contributed by atoms with E-state index >= 15 is 0 Å². The molecule has 6 heteroatoms. The Morgan fingerprint density at radius 2 is 1.85 bits per heavy atom. The second-order valence-corrected chi connectivity index (χ2v) is 5.90. The van der Waals surface area contributed by atoms with Gasteiger partial charge in [0.2, 0.25) is 5.91 Å². The van der Waals surface area contributed by atoms with E-state index in [1.54, 1.807) is 25.3 Å². The number of carbonyl (C=O) groups is 1. The summed E-state index contributed by atoms with van der Waals surface area (Å²) in [4.78, 5) is 12.1. The summed E-state index contributed by atoms with van der Waals surface area (Å²) < 4.78 is 15.6. The third-order valence-corrected chi connectivity index (χ3v) is 4.04. The van der Waals surface area contributed by atoms with Crippen molar-refractivity contribution in [3.8, 4) is 11.5 Å². The number of methoxy groups -OCH3 is 3. The van der Waals surface area contributed by atoms with Gasteiger partial charge in [0.05, 0.1) is 25.8 Å². The summed E-state index contributed by atoms with van der Waals surface area (Å²) in [7, 11) is 4.70. The molecule has 0 radical (unpaired) electrons. The second-order valence-electron chi connectivity index (χ2n) is 5.49. The van der Waals surface area contributed by atoms with Crippen molar-refractivity contribution >= 4 is 23.6 Å². The van der Waals surface area contributed by atoms with Gasteiger partial charge in [-0.15, -0.1) is 0 Å². The molecule has 2 aromatic rings. The molecule has 1 amide bonds. The number of nitrogens with one attached hydrogen (secondary N) is 1. The van der Waals surface area contributed by atoms with Crippen molar-refractivity contribution in [2.75, 3.05) is 21.3 Å². The van der Waals surface area contributed by atoms with Gasteiger partial charge in [-0.3, -0.25) is 4.79 Å². The molecule has 2 rings (SSSR count). The maximum atomic E-state index is 12.1. The van der Waals surface area contributed by atoms with Gasteiger partial charge in [-0.2, -0.15) is 0 Å². The Balaban J connectivity index is 2.03. The molecule has 0 bridgehead atoms. The van der Waals surface area contributed by atoms with E-state index in [9.17, 15) is 4.79 Å². The summed E-state index contributed by atoms with van der Waals surface area (Å²) in [6, 6.07) is 11.3. The van der Waals surface area contributed by atoms with Crippen molar-refractivity contribution in [1.29, 1.82) is 0 Å². The molecule has 2 aromatic carbocycles. The molecular weight excluding hydrogens is 354 g/mol. The van der Waals surface area contributed by atoms with Crippen molar-refractivity contribution in [2.45, 2.75) is 13.2 Å². The lowest BCUT2D eigenvalue weighted by atomic mass is 10.1. The van der Waals surface area contributed by atoms with Crippen LogP contribution in [0.3, 0.4) is 0 Å². The number of hydrogen-bond donors (Lipinski definition) is 1. The van der Waals surface area contributed by atoms with Crippen LogP contribution >= 0.6 is 11.6 Å². The monoisotopic (exact) mass is 375 g/mol. The highest BCUT2D eigenvalue weighted by molar-refractivity contribution is 6.32. The standard InChI is InChI=1S/C20H22ClNO4/c1-24-13-16-7-5-4-6-15(16)12-22-19(23)9-8-14-10-17(21)20(26-3)18(11-14)25-2/h4-11H,12-13H2,1-3H3,(H,22,23)/b9-8+. The smallest absolute Gasteiger partial charge is 0.244 e. The molecule has 0 aliphatic heterocycles. The first-order valence-electron chi connectivity index (χ1n) is 8.02. The molecule has 0 aromatic heterocycles. The van der Waals surface area contributed by atoms with E-state index in [1.807, 2.05) is 24.3 Å². The number of halogens is 1. The number of ether oxygens (including phenoxy) is 3. The lowest BCUT2D eigenvalue weighted by molar-refractivity contribution is -0.116. The summed E-state index contributed by atoms with van der Waals surface area (Å²) in [6.07, 6.45) is 3.13. The molecule has 26 heavy (non-hydrogen) atoms. The van der Waals surface area contributed by atoms with E-state index in [0.29, 0.717) is 29.7 Å². The summed E-state index contributed by atoms with van der Waals surface area (Å²) in [5.41, 5.74) is 2.80. The third kappa shape index (κ3) is 5.25. The van der Waals surface area contributed by atoms with Crippen LogP contribution in [0.4, 0.5) is 0 Å². The Hall–Kier alpha value is -2.50. The van der Waals surface area contributed by atoms with E-state index in [0.717, 1.165) is 16.7 Å². The summed E-state index contributed by atoms with van der Waals surface area (Å²) >= 11 is 6.17. The maximum Gasteiger partial charge on any atom is 0.244 e. The van der Waals surface area contributed by atoms with Gasteiger partial charge >= 0.3 is 0 Å². The highest BCUT2D eigenvalue weighted by Gasteiger charge is 2.10. The first-order chi connectivity index (χ1) is 12.6. The molecule has 138 valence electrons. The average molecular weight is 376 g/mol. The van der Waals surface area contributed by atoms with Gasteiger partial charge < -0.3 is 19.5 Å². The highest BCUT2D eigenvalue weighted by Crippen LogP contribution is 2.36. The fourth-order valence-corrected chi connectivity index (χ4v) is 2.77. The average Bonchev–Trinajstić information content (AvgIpc) is 2.65. The van der Waals surface area contributed by atoms with Crippen LogP contribution in [-0.2, 0) is 22.7 Å². The topological polar surface area (TPSA) is 56.8 Å². The molecule has 0 unspecified atom stereocenters. The van der Waals surface area contributed by atoms with Crippen LogP contribution in [0.1, 0.15) is 16.7 Å². The molecule has 1 N–H and O–H groups in total. The SMILES string of the molecule is COCc1ccccc1CNC(=O)/C=C/c1cc(Cl)c(OC)c(OC)c1. The maximum absolute atomic E-state index is 12.1. The molecular formula is C20H22ClNO4. The first kappa shape index (κ1) is 19.8. The van der Waals surface area contributed by atoms with Crippen LogP contribution in [0.2, 0.25) is 5.02 Å². The normalized spacial score (nSPS) is 10.8.